The standard InChI is InChI=1S/C9H9O3/c1-11-8-5-3-7(4-6-8)9(10)12-2/h3-5H,1-2H3. The van der Waals surface area contributed by atoms with E-state index in [-0.39, 0.29) is 5.97 Å². The third kappa shape index (κ3) is 1.75. The second kappa shape index (κ2) is 3.76. The van der Waals surface area contributed by atoms with Crippen molar-refractivity contribution in [2.75, 3.05) is 14.2 Å². The molecule has 12 heavy (non-hydrogen) atoms. The van der Waals surface area contributed by atoms with Crippen molar-refractivity contribution in [1.29, 1.82) is 0 Å². The Morgan fingerprint density at radius 2 is 2.17 bits per heavy atom. The van der Waals surface area contributed by atoms with Crippen molar-refractivity contribution in [3.63, 3.8) is 0 Å². The van der Waals surface area contributed by atoms with Gasteiger partial charge in [0.1, 0.15) is 5.75 Å². The van der Waals surface area contributed by atoms with E-state index < -0.39 is 0 Å². The van der Waals surface area contributed by atoms with E-state index in [2.05, 4.69) is 10.8 Å². The zero-order chi connectivity index (χ0) is 8.97. The molecule has 0 bridgehead atoms. The van der Waals surface area contributed by atoms with Gasteiger partial charge in [-0.3, -0.25) is 0 Å². The van der Waals surface area contributed by atoms with Crippen molar-refractivity contribution in [2.24, 2.45) is 0 Å². The lowest BCUT2D eigenvalue weighted by molar-refractivity contribution is 0.0600. The molecule has 1 rings (SSSR count). The first-order valence-corrected chi connectivity index (χ1v) is 3.42. The molecule has 1 radical (unpaired) electrons. The fraction of sp³-hybridized carbons (Fsp3) is 0.222. The molecule has 3 nitrogen and oxygen atoms in total. The molecule has 0 aliphatic heterocycles. The summed E-state index contributed by atoms with van der Waals surface area (Å²) in [6, 6.07) is 7.60. The van der Waals surface area contributed by atoms with Gasteiger partial charge in [0.2, 0.25) is 0 Å². The molecule has 1 aromatic carbocycles. The molecule has 0 amide bonds. The van der Waals surface area contributed by atoms with Gasteiger partial charge in [0.15, 0.2) is 0 Å². The minimum absolute atomic E-state index is 0.367. The second-order valence-electron chi connectivity index (χ2n) is 2.14. The van der Waals surface area contributed by atoms with E-state index in [1.807, 2.05) is 0 Å². The average Bonchev–Trinajstić information content (AvgIpc) is 2.17. The van der Waals surface area contributed by atoms with E-state index >= 15 is 0 Å². The number of benzene rings is 1. The van der Waals surface area contributed by atoms with Gasteiger partial charge in [0.25, 0.3) is 0 Å². The van der Waals surface area contributed by atoms with Gasteiger partial charge in [0, 0.05) is 6.07 Å². The molecule has 0 aromatic heterocycles. The predicted octanol–water partition coefficient (Wildman–Crippen LogP) is 1.28. The number of carbonyl (C=O) groups is 1. The molecule has 1 aromatic rings. The van der Waals surface area contributed by atoms with Crippen molar-refractivity contribution in [3.05, 3.63) is 29.8 Å². The van der Waals surface area contributed by atoms with Crippen LogP contribution < -0.4 is 4.74 Å². The van der Waals surface area contributed by atoms with Crippen molar-refractivity contribution >= 4 is 5.97 Å². The van der Waals surface area contributed by atoms with Gasteiger partial charge >= 0.3 is 5.97 Å². The molecule has 0 fully saturated rings. The fourth-order valence-corrected chi connectivity index (χ4v) is 0.782. The maximum atomic E-state index is 10.9. The number of hydrogen-bond acceptors (Lipinski definition) is 3. The van der Waals surface area contributed by atoms with Crippen molar-refractivity contribution < 1.29 is 14.3 Å². The molecule has 0 heterocycles. The maximum absolute atomic E-state index is 10.9. The van der Waals surface area contributed by atoms with Crippen molar-refractivity contribution in [1.82, 2.24) is 0 Å². The third-order valence-electron chi connectivity index (χ3n) is 1.43. The van der Waals surface area contributed by atoms with Crippen LogP contribution >= 0.6 is 0 Å². The Morgan fingerprint density at radius 1 is 1.42 bits per heavy atom. The lowest BCUT2D eigenvalue weighted by Gasteiger charge is -2.00. The number of rotatable bonds is 2. The van der Waals surface area contributed by atoms with Gasteiger partial charge < -0.3 is 9.47 Å². The summed E-state index contributed by atoms with van der Waals surface area (Å²) in [7, 11) is 2.89. The van der Waals surface area contributed by atoms with Crippen LogP contribution in [0.5, 0.6) is 5.75 Å². The number of esters is 1. The van der Waals surface area contributed by atoms with Crippen LogP contribution in [0.2, 0.25) is 0 Å². The van der Waals surface area contributed by atoms with Crippen molar-refractivity contribution in [3.8, 4) is 5.75 Å². The first-order valence-electron chi connectivity index (χ1n) is 3.42. The van der Waals surface area contributed by atoms with E-state index in [4.69, 9.17) is 4.74 Å². The Kier molecular flexibility index (Phi) is 2.69. The molecule has 0 spiro atoms. The van der Waals surface area contributed by atoms with E-state index in [0.717, 1.165) is 0 Å². The molecular formula is C9H9O3. The van der Waals surface area contributed by atoms with Gasteiger partial charge in [-0.1, -0.05) is 0 Å². The highest BCUT2D eigenvalue weighted by atomic mass is 16.5. The number of ether oxygens (including phenoxy) is 2. The largest absolute Gasteiger partial charge is 0.496 e. The monoisotopic (exact) mass is 165 g/mol. The Balaban J connectivity index is 2.84. The number of carbonyl (C=O) groups excluding carboxylic acids is 1. The summed E-state index contributed by atoms with van der Waals surface area (Å²) in [6.07, 6.45) is 0. The van der Waals surface area contributed by atoms with E-state index in [1.165, 1.54) is 13.2 Å². The molecule has 0 aliphatic rings. The smallest absolute Gasteiger partial charge is 0.337 e. The van der Waals surface area contributed by atoms with Crippen LogP contribution in [-0.2, 0) is 4.74 Å². The van der Waals surface area contributed by atoms with E-state index in [1.54, 1.807) is 19.2 Å². The number of methoxy groups -OCH3 is 2. The van der Waals surface area contributed by atoms with Crippen LogP contribution in [-0.4, -0.2) is 20.2 Å². The van der Waals surface area contributed by atoms with Crippen LogP contribution in [0, 0.1) is 6.07 Å². The van der Waals surface area contributed by atoms with Crippen LogP contribution in [0.4, 0.5) is 0 Å². The van der Waals surface area contributed by atoms with Crippen LogP contribution in [0.1, 0.15) is 10.4 Å². The van der Waals surface area contributed by atoms with E-state index in [9.17, 15) is 4.79 Å². The Bertz CT molecular complexity index is 264. The first kappa shape index (κ1) is 8.59. The molecule has 3 heteroatoms. The highest BCUT2D eigenvalue weighted by Crippen LogP contribution is 2.10. The minimum Gasteiger partial charge on any atom is -0.496 e. The zero-order valence-corrected chi connectivity index (χ0v) is 6.96. The Labute approximate surface area is 70.9 Å². The average molecular weight is 165 g/mol. The summed E-state index contributed by atoms with van der Waals surface area (Å²) in [5.41, 5.74) is 0.471. The first-order chi connectivity index (χ1) is 5.77. The minimum atomic E-state index is -0.367. The zero-order valence-electron chi connectivity index (χ0n) is 6.96. The van der Waals surface area contributed by atoms with Crippen molar-refractivity contribution in [2.45, 2.75) is 0 Å². The van der Waals surface area contributed by atoms with Gasteiger partial charge in [-0.05, 0) is 18.2 Å². The molecule has 0 unspecified atom stereocenters. The summed E-state index contributed by atoms with van der Waals surface area (Å²) in [6.45, 7) is 0. The Morgan fingerprint density at radius 3 is 2.58 bits per heavy atom. The molecule has 0 aliphatic carbocycles. The molecule has 0 N–H and O–H groups in total. The highest BCUT2D eigenvalue weighted by Gasteiger charge is 2.03. The van der Waals surface area contributed by atoms with Crippen LogP contribution in [0.15, 0.2) is 18.2 Å². The molecule has 0 saturated carbocycles. The quantitative estimate of drug-likeness (QED) is 0.619. The summed E-state index contributed by atoms with van der Waals surface area (Å²) in [5, 5.41) is 0. The summed E-state index contributed by atoms with van der Waals surface area (Å²) in [4.78, 5) is 10.9. The lowest BCUT2D eigenvalue weighted by Crippen LogP contribution is -2.00. The maximum Gasteiger partial charge on any atom is 0.337 e. The van der Waals surface area contributed by atoms with Crippen LogP contribution in [0.3, 0.4) is 0 Å². The molecule has 63 valence electrons. The van der Waals surface area contributed by atoms with E-state index in [0.29, 0.717) is 11.3 Å². The topological polar surface area (TPSA) is 35.5 Å². The van der Waals surface area contributed by atoms with Gasteiger partial charge in [-0.25, -0.2) is 4.79 Å². The SMILES string of the molecule is COC(=O)c1c[c]c(OC)cc1. The van der Waals surface area contributed by atoms with Gasteiger partial charge in [-0.2, -0.15) is 0 Å². The highest BCUT2D eigenvalue weighted by molar-refractivity contribution is 5.89. The third-order valence-corrected chi connectivity index (χ3v) is 1.43. The van der Waals surface area contributed by atoms with Crippen LogP contribution in [0.25, 0.3) is 0 Å². The fourth-order valence-electron chi connectivity index (χ4n) is 0.782. The predicted molar refractivity (Wildman–Crippen MR) is 43.2 cm³/mol. The summed E-state index contributed by atoms with van der Waals surface area (Å²) < 4.78 is 9.38. The second-order valence-corrected chi connectivity index (χ2v) is 2.14. The molecule has 0 saturated heterocycles. The number of hydrogen-bond donors (Lipinski definition) is 0. The lowest BCUT2D eigenvalue weighted by atomic mass is 10.2. The Hall–Kier alpha value is -1.51. The molecular weight excluding hydrogens is 156 g/mol. The summed E-state index contributed by atoms with van der Waals surface area (Å²) in [5.74, 6) is 0.233. The normalized spacial score (nSPS) is 9.17. The van der Waals surface area contributed by atoms with Gasteiger partial charge in [-0.15, -0.1) is 0 Å². The van der Waals surface area contributed by atoms with Gasteiger partial charge in [0.05, 0.1) is 19.8 Å². The molecule has 0 atom stereocenters. The summed E-state index contributed by atoms with van der Waals surface area (Å²) >= 11 is 0.